The molecular formula is C5H11NOS. The maximum atomic E-state index is 8.95. The fourth-order valence-corrected chi connectivity index (χ4v) is 1.33. The predicted octanol–water partition coefficient (Wildman–Crippen LogP) is -0.377. The Hall–Kier alpha value is 0.270. The van der Waals surface area contributed by atoms with Gasteiger partial charge in [0.05, 0.1) is 6.10 Å². The summed E-state index contributed by atoms with van der Waals surface area (Å²) in [5.74, 6) is 0.369. The Morgan fingerprint density at radius 3 is 2.25 bits per heavy atom. The number of aliphatic hydroxyl groups is 1. The van der Waals surface area contributed by atoms with Crippen LogP contribution in [0, 0.1) is 5.92 Å². The molecule has 0 aromatic heterocycles. The van der Waals surface area contributed by atoms with E-state index in [1.165, 1.54) is 0 Å². The Bertz CT molecular complexity index is 66.4. The first-order valence-electron chi connectivity index (χ1n) is 2.76. The molecular weight excluding hydrogens is 122 g/mol. The highest BCUT2D eigenvalue weighted by molar-refractivity contribution is 7.81. The predicted molar refractivity (Wildman–Crippen MR) is 35.9 cm³/mol. The average Bonchev–Trinajstić information content (AvgIpc) is 1.83. The number of hydrogen-bond donors (Lipinski definition) is 3. The average molecular weight is 133 g/mol. The van der Waals surface area contributed by atoms with Gasteiger partial charge in [-0.25, -0.2) is 0 Å². The van der Waals surface area contributed by atoms with Crippen molar-refractivity contribution in [2.75, 3.05) is 0 Å². The summed E-state index contributed by atoms with van der Waals surface area (Å²) >= 11 is 4.10. The molecule has 0 heterocycles. The fraction of sp³-hybridized carbons (Fsp3) is 1.00. The van der Waals surface area contributed by atoms with Crippen molar-refractivity contribution in [3.63, 3.8) is 0 Å². The molecule has 0 aromatic rings. The minimum absolute atomic E-state index is 0.0440. The maximum Gasteiger partial charge on any atom is 0.0813 e. The number of thiol groups is 1. The molecule has 0 bridgehead atoms. The Labute approximate surface area is 54.5 Å². The van der Waals surface area contributed by atoms with Gasteiger partial charge in [-0.3, -0.25) is 0 Å². The minimum atomic E-state index is -0.381. The number of nitrogens with two attached hydrogens (primary N) is 1. The Balaban J connectivity index is 2.42. The molecule has 3 heteroatoms. The van der Waals surface area contributed by atoms with E-state index in [0.717, 1.165) is 0 Å². The van der Waals surface area contributed by atoms with E-state index in [1.807, 2.05) is 6.92 Å². The van der Waals surface area contributed by atoms with E-state index in [-0.39, 0.29) is 17.4 Å². The largest absolute Gasteiger partial charge is 0.390 e. The van der Waals surface area contributed by atoms with E-state index in [4.69, 9.17) is 10.8 Å². The van der Waals surface area contributed by atoms with Crippen molar-refractivity contribution < 1.29 is 5.11 Å². The first-order valence-corrected chi connectivity index (χ1v) is 3.28. The summed E-state index contributed by atoms with van der Waals surface area (Å²) in [6.07, 6.45) is -0.381. The molecule has 0 aromatic carbocycles. The molecule has 1 aliphatic carbocycles. The zero-order valence-electron chi connectivity index (χ0n) is 4.78. The zero-order chi connectivity index (χ0) is 6.31. The van der Waals surface area contributed by atoms with Crippen LogP contribution in [0.4, 0.5) is 0 Å². The number of hydrogen-bond acceptors (Lipinski definition) is 3. The third-order valence-electron chi connectivity index (χ3n) is 1.89. The molecule has 1 aliphatic rings. The van der Waals surface area contributed by atoms with Crippen molar-refractivity contribution in [3.8, 4) is 0 Å². The zero-order valence-corrected chi connectivity index (χ0v) is 5.68. The lowest BCUT2D eigenvalue weighted by Crippen LogP contribution is -2.60. The topological polar surface area (TPSA) is 46.2 Å². The summed E-state index contributed by atoms with van der Waals surface area (Å²) < 4.78 is 0. The molecule has 0 saturated heterocycles. The van der Waals surface area contributed by atoms with Gasteiger partial charge in [0.15, 0.2) is 0 Å². The lowest BCUT2D eigenvalue weighted by Gasteiger charge is -2.42. The van der Waals surface area contributed by atoms with Crippen molar-refractivity contribution in [1.82, 2.24) is 0 Å². The van der Waals surface area contributed by atoms with Crippen LogP contribution in [0.15, 0.2) is 0 Å². The minimum Gasteiger partial charge on any atom is -0.390 e. The summed E-state index contributed by atoms with van der Waals surface area (Å²) in [4.78, 5) is 0. The molecule has 1 saturated carbocycles. The molecule has 48 valence electrons. The summed E-state index contributed by atoms with van der Waals surface area (Å²) in [6, 6.07) is -0.0440. The van der Waals surface area contributed by atoms with Crippen molar-refractivity contribution in [2.45, 2.75) is 24.3 Å². The second-order valence-electron chi connectivity index (χ2n) is 2.42. The SMILES string of the molecule is C[C@H]1[C@H](N)C(O)[C@@H]1S. The number of aliphatic hydroxyl groups excluding tert-OH is 1. The van der Waals surface area contributed by atoms with Crippen LogP contribution in [0.3, 0.4) is 0 Å². The Morgan fingerprint density at radius 1 is 1.62 bits per heavy atom. The van der Waals surface area contributed by atoms with E-state index in [2.05, 4.69) is 12.6 Å². The van der Waals surface area contributed by atoms with Gasteiger partial charge in [0.2, 0.25) is 0 Å². The van der Waals surface area contributed by atoms with Gasteiger partial charge in [0, 0.05) is 11.3 Å². The molecule has 3 N–H and O–H groups in total. The first-order chi connectivity index (χ1) is 3.64. The van der Waals surface area contributed by atoms with E-state index >= 15 is 0 Å². The highest BCUT2D eigenvalue weighted by Gasteiger charge is 2.42. The molecule has 1 fully saturated rings. The molecule has 0 amide bonds. The molecule has 0 spiro atoms. The monoisotopic (exact) mass is 133 g/mol. The molecule has 0 aliphatic heterocycles. The Morgan fingerprint density at radius 2 is 2.12 bits per heavy atom. The van der Waals surface area contributed by atoms with E-state index in [9.17, 15) is 0 Å². The molecule has 8 heavy (non-hydrogen) atoms. The molecule has 1 rings (SSSR count). The van der Waals surface area contributed by atoms with Crippen LogP contribution >= 0.6 is 12.6 Å². The third kappa shape index (κ3) is 0.658. The van der Waals surface area contributed by atoms with Gasteiger partial charge in [0.1, 0.15) is 0 Å². The first kappa shape index (κ1) is 6.39. The molecule has 1 unspecified atom stereocenters. The van der Waals surface area contributed by atoms with Crippen molar-refractivity contribution in [1.29, 1.82) is 0 Å². The van der Waals surface area contributed by atoms with Crippen LogP contribution in [0.2, 0.25) is 0 Å². The van der Waals surface area contributed by atoms with E-state index in [1.54, 1.807) is 0 Å². The van der Waals surface area contributed by atoms with Gasteiger partial charge in [-0.2, -0.15) is 12.6 Å². The second-order valence-corrected chi connectivity index (χ2v) is 3.01. The van der Waals surface area contributed by atoms with Crippen molar-refractivity contribution in [2.24, 2.45) is 11.7 Å². The highest BCUT2D eigenvalue weighted by Crippen LogP contribution is 2.30. The quantitative estimate of drug-likeness (QED) is 0.395. The van der Waals surface area contributed by atoms with Gasteiger partial charge in [0.25, 0.3) is 0 Å². The summed E-state index contributed by atoms with van der Waals surface area (Å²) in [5.41, 5.74) is 5.46. The van der Waals surface area contributed by atoms with Gasteiger partial charge in [-0.15, -0.1) is 0 Å². The lowest BCUT2D eigenvalue weighted by molar-refractivity contribution is 0.0340. The Kier molecular flexibility index (Phi) is 1.52. The van der Waals surface area contributed by atoms with Crippen LogP contribution < -0.4 is 5.73 Å². The second kappa shape index (κ2) is 1.90. The van der Waals surface area contributed by atoms with Crippen LogP contribution in [0.1, 0.15) is 6.92 Å². The van der Waals surface area contributed by atoms with E-state index < -0.39 is 0 Å². The molecule has 2 nitrogen and oxygen atoms in total. The van der Waals surface area contributed by atoms with Gasteiger partial charge >= 0.3 is 0 Å². The smallest absolute Gasteiger partial charge is 0.0813 e. The van der Waals surface area contributed by atoms with Crippen LogP contribution in [0.25, 0.3) is 0 Å². The van der Waals surface area contributed by atoms with Crippen LogP contribution in [-0.4, -0.2) is 22.5 Å². The van der Waals surface area contributed by atoms with Gasteiger partial charge in [-0.05, 0) is 5.92 Å². The summed E-state index contributed by atoms with van der Waals surface area (Å²) in [6.45, 7) is 2.00. The standard InChI is InChI=1S/C5H11NOS/c1-2-3(6)4(7)5(2)8/h2-5,7-8H,6H2,1H3/t2-,3-,4?,5+/m0/s1. The molecule has 4 atom stereocenters. The van der Waals surface area contributed by atoms with E-state index in [0.29, 0.717) is 5.92 Å². The summed E-state index contributed by atoms with van der Waals surface area (Å²) in [5, 5.41) is 9.06. The third-order valence-corrected chi connectivity index (χ3v) is 2.67. The van der Waals surface area contributed by atoms with Crippen LogP contribution in [-0.2, 0) is 0 Å². The van der Waals surface area contributed by atoms with Crippen molar-refractivity contribution >= 4 is 12.6 Å². The highest BCUT2D eigenvalue weighted by atomic mass is 32.1. The lowest BCUT2D eigenvalue weighted by atomic mass is 9.78. The molecule has 0 radical (unpaired) electrons. The van der Waals surface area contributed by atoms with Crippen molar-refractivity contribution in [3.05, 3.63) is 0 Å². The number of rotatable bonds is 0. The van der Waals surface area contributed by atoms with Gasteiger partial charge < -0.3 is 10.8 Å². The fourth-order valence-electron chi connectivity index (χ4n) is 0.932. The normalized spacial score (nSPS) is 55.5. The maximum absolute atomic E-state index is 8.95. The summed E-state index contributed by atoms with van der Waals surface area (Å²) in [7, 11) is 0. The van der Waals surface area contributed by atoms with Gasteiger partial charge in [-0.1, -0.05) is 6.92 Å². The van der Waals surface area contributed by atoms with Crippen LogP contribution in [0.5, 0.6) is 0 Å².